The van der Waals surface area contributed by atoms with Crippen molar-refractivity contribution in [3.8, 4) is 11.5 Å². The number of nitrogens with zero attached hydrogens (tertiary/aromatic N) is 3. The number of carbonyl (C=O) groups is 1. The molecule has 2 aromatic heterocycles. The van der Waals surface area contributed by atoms with Crippen LogP contribution in [0.15, 0.2) is 60.9 Å². The van der Waals surface area contributed by atoms with Crippen LogP contribution in [0, 0.1) is 12.7 Å². The number of alkyl halides is 2. The summed E-state index contributed by atoms with van der Waals surface area (Å²) in [5.41, 5.74) is 1.20. The van der Waals surface area contributed by atoms with Gasteiger partial charge in [0.25, 0.3) is 5.92 Å². The van der Waals surface area contributed by atoms with Crippen molar-refractivity contribution in [3.05, 3.63) is 78.0 Å². The van der Waals surface area contributed by atoms with E-state index in [9.17, 15) is 18.0 Å². The molecule has 0 radical (unpaired) electrons. The first-order valence-electron chi connectivity index (χ1n) is 11.0. The van der Waals surface area contributed by atoms with Crippen LogP contribution in [0.1, 0.15) is 30.5 Å². The monoisotopic (exact) mass is 470 g/mol. The lowest BCUT2D eigenvalue weighted by molar-refractivity contribution is -0.125. The first-order valence-corrected chi connectivity index (χ1v) is 11.0. The highest BCUT2D eigenvalue weighted by Crippen LogP contribution is 2.41. The van der Waals surface area contributed by atoms with Crippen LogP contribution in [0.3, 0.4) is 0 Å². The fourth-order valence-electron chi connectivity index (χ4n) is 3.96. The molecule has 0 bridgehead atoms. The van der Waals surface area contributed by atoms with Crippen LogP contribution >= 0.6 is 0 Å². The molecule has 0 spiro atoms. The Morgan fingerprint density at radius 3 is 2.56 bits per heavy atom. The van der Waals surface area contributed by atoms with Gasteiger partial charge in [0.2, 0.25) is 5.91 Å². The van der Waals surface area contributed by atoms with Crippen LogP contribution in [0.25, 0.3) is 0 Å². The van der Waals surface area contributed by atoms with Crippen LogP contribution < -0.4 is 10.1 Å². The summed E-state index contributed by atoms with van der Waals surface area (Å²) in [5.74, 6) is -3.39. The lowest BCUT2D eigenvalue weighted by atomic mass is 9.86. The van der Waals surface area contributed by atoms with Gasteiger partial charge in [-0.25, -0.2) is 18.2 Å². The van der Waals surface area contributed by atoms with Crippen molar-refractivity contribution in [1.29, 1.82) is 0 Å². The number of hydrogen-bond donors (Lipinski definition) is 1. The van der Waals surface area contributed by atoms with Gasteiger partial charge in [0, 0.05) is 31.4 Å². The summed E-state index contributed by atoms with van der Waals surface area (Å²) in [4.78, 5) is 22.9. The van der Waals surface area contributed by atoms with Crippen LogP contribution in [0.4, 0.5) is 19.0 Å². The Morgan fingerprint density at radius 2 is 1.88 bits per heavy atom. The van der Waals surface area contributed by atoms with E-state index >= 15 is 0 Å². The van der Waals surface area contributed by atoms with Crippen molar-refractivity contribution in [3.63, 3.8) is 0 Å². The smallest absolute Gasteiger partial charge is 0.257 e. The molecule has 1 aromatic carbocycles. The van der Waals surface area contributed by atoms with Gasteiger partial charge in [-0.3, -0.25) is 14.7 Å². The van der Waals surface area contributed by atoms with E-state index in [0.29, 0.717) is 28.6 Å². The zero-order valence-electron chi connectivity index (χ0n) is 18.8. The minimum absolute atomic E-state index is 0.0584. The quantitative estimate of drug-likeness (QED) is 0.539. The number of piperidine rings is 1. The Morgan fingerprint density at radius 1 is 1.15 bits per heavy atom. The molecule has 2 atom stereocenters. The van der Waals surface area contributed by atoms with Gasteiger partial charge >= 0.3 is 0 Å². The molecule has 1 saturated heterocycles. The molecule has 6 nitrogen and oxygen atoms in total. The second-order valence-corrected chi connectivity index (χ2v) is 8.39. The lowest BCUT2D eigenvalue weighted by Gasteiger charge is -2.40. The molecule has 1 N–H and O–H groups in total. The standard InChI is InChI=1S/C25H25F3N4O2/c1-16-13-18(9-11-29-16)22-15-32(12-10-25(22,27)28)17(2)24(33)31-23-8-7-21(14-30-23)34-20-5-3-19(26)4-6-20/h3-9,11,13-14,17,22H,10,12,15H2,1-2H3,(H,30,31,33)/t17?,22-/m0/s1. The molecule has 1 aliphatic heterocycles. The predicted octanol–water partition coefficient (Wildman–Crippen LogP) is 5.17. The van der Waals surface area contributed by atoms with E-state index in [2.05, 4.69) is 15.3 Å². The number of aromatic nitrogens is 2. The van der Waals surface area contributed by atoms with E-state index < -0.39 is 17.9 Å². The Kier molecular flexibility index (Phi) is 6.83. The zero-order chi connectivity index (χ0) is 24.3. The molecule has 9 heteroatoms. The molecule has 4 rings (SSSR count). The van der Waals surface area contributed by atoms with Crippen molar-refractivity contribution < 1.29 is 22.7 Å². The van der Waals surface area contributed by atoms with Gasteiger partial charge in [0.05, 0.1) is 18.2 Å². The second-order valence-electron chi connectivity index (χ2n) is 8.39. The largest absolute Gasteiger partial charge is 0.456 e. The molecule has 3 aromatic rings. The second kappa shape index (κ2) is 9.80. The predicted molar refractivity (Wildman–Crippen MR) is 122 cm³/mol. The third kappa shape index (κ3) is 5.53. The summed E-state index contributed by atoms with van der Waals surface area (Å²) < 4.78 is 48.0. The molecule has 178 valence electrons. The minimum atomic E-state index is -2.86. The highest BCUT2D eigenvalue weighted by molar-refractivity contribution is 5.93. The van der Waals surface area contributed by atoms with Crippen molar-refractivity contribution in [2.24, 2.45) is 0 Å². The number of pyridine rings is 2. The van der Waals surface area contributed by atoms with Gasteiger partial charge in [-0.15, -0.1) is 0 Å². The Balaban J connectivity index is 1.38. The van der Waals surface area contributed by atoms with Crippen LogP contribution in [0.5, 0.6) is 11.5 Å². The first-order chi connectivity index (χ1) is 16.2. The lowest BCUT2D eigenvalue weighted by Crippen LogP contribution is -2.52. The SMILES string of the molecule is Cc1cc([C@@H]2CN(C(C)C(=O)Nc3ccc(Oc4ccc(F)cc4)cn3)CCC2(F)F)ccn1. The number of likely N-dealkylation sites (tertiary alicyclic amines) is 1. The number of carbonyl (C=O) groups excluding carboxylic acids is 1. The van der Waals surface area contributed by atoms with Crippen LogP contribution in [-0.2, 0) is 4.79 Å². The maximum absolute atomic E-state index is 14.7. The van der Waals surface area contributed by atoms with Gasteiger partial charge < -0.3 is 10.1 Å². The topological polar surface area (TPSA) is 67.4 Å². The number of hydrogen-bond acceptors (Lipinski definition) is 5. The number of rotatable bonds is 6. The molecular formula is C25H25F3N4O2. The summed E-state index contributed by atoms with van der Waals surface area (Å²) in [6, 6.07) is 11.4. The molecule has 1 amide bonds. The van der Waals surface area contributed by atoms with E-state index in [4.69, 9.17) is 4.74 Å². The van der Waals surface area contributed by atoms with Gasteiger partial charge in [-0.1, -0.05) is 0 Å². The van der Waals surface area contributed by atoms with E-state index in [1.165, 1.54) is 36.7 Å². The number of benzene rings is 1. The molecule has 1 aliphatic rings. The van der Waals surface area contributed by atoms with Gasteiger partial charge in [-0.2, -0.15) is 0 Å². The Bertz CT molecular complexity index is 1140. The zero-order valence-corrected chi connectivity index (χ0v) is 18.8. The van der Waals surface area contributed by atoms with Crippen molar-refractivity contribution in [2.75, 3.05) is 18.4 Å². The normalized spacial score (nSPS) is 18.8. The highest BCUT2D eigenvalue weighted by atomic mass is 19.3. The first kappa shape index (κ1) is 23.7. The minimum Gasteiger partial charge on any atom is -0.456 e. The Labute approximate surface area is 195 Å². The maximum atomic E-state index is 14.7. The average molecular weight is 470 g/mol. The van der Waals surface area contributed by atoms with E-state index in [1.54, 1.807) is 43.0 Å². The van der Waals surface area contributed by atoms with Crippen LogP contribution in [0.2, 0.25) is 0 Å². The van der Waals surface area contributed by atoms with E-state index in [1.807, 2.05) is 0 Å². The molecule has 1 fully saturated rings. The third-order valence-corrected chi connectivity index (χ3v) is 5.95. The number of halogens is 3. The highest BCUT2D eigenvalue weighted by Gasteiger charge is 2.46. The summed E-state index contributed by atoms with van der Waals surface area (Å²) in [5, 5.41) is 2.73. The fraction of sp³-hybridized carbons (Fsp3) is 0.320. The Hall–Kier alpha value is -3.46. The van der Waals surface area contributed by atoms with Gasteiger partial charge in [0.1, 0.15) is 23.1 Å². The summed E-state index contributed by atoms with van der Waals surface area (Å²) in [6.07, 6.45) is 2.64. The van der Waals surface area contributed by atoms with Crippen LogP contribution in [-0.4, -0.2) is 45.8 Å². The molecule has 34 heavy (non-hydrogen) atoms. The number of aryl methyl sites for hydroxylation is 1. The maximum Gasteiger partial charge on any atom is 0.257 e. The number of anilines is 1. The molecule has 0 saturated carbocycles. The average Bonchev–Trinajstić information content (AvgIpc) is 2.81. The van der Waals surface area contributed by atoms with Gasteiger partial charge in [-0.05, 0) is 67.9 Å². The van der Waals surface area contributed by atoms with Crippen molar-refractivity contribution >= 4 is 11.7 Å². The van der Waals surface area contributed by atoms with Crippen molar-refractivity contribution in [2.45, 2.75) is 38.2 Å². The number of ether oxygens (including phenoxy) is 1. The van der Waals surface area contributed by atoms with E-state index in [-0.39, 0.29) is 31.2 Å². The third-order valence-electron chi connectivity index (χ3n) is 5.95. The molecular weight excluding hydrogens is 445 g/mol. The number of amides is 1. The summed E-state index contributed by atoms with van der Waals surface area (Å²) in [7, 11) is 0. The molecule has 1 unspecified atom stereocenters. The van der Waals surface area contributed by atoms with Crippen molar-refractivity contribution in [1.82, 2.24) is 14.9 Å². The summed E-state index contributed by atoms with van der Waals surface area (Å²) in [6.45, 7) is 3.63. The van der Waals surface area contributed by atoms with E-state index in [0.717, 1.165) is 0 Å². The number of nitrogens with one attached hydrogen (secondary N) is 1. The van der Waals surface area contributed by atoms with Gasteiger partial charge in [0.15, 0.2) is 0 Å². The summed E-state index contributed by atoms with van der Waals surface area (Å²) >= 11 is 0. The fourth-order valence-corrected chi connectivity index (χ4v) is 3.96. The molecule has 0 aliphatic carbocycles. The molecule has 3 heterocycles.